The van der Waals surface area contributed by atoms with E-state index >= 15 is 0 Å². The summed E-state index contributed by atoms with van der Waals surface area (Å²) in [5.41, 5.74) is 7.17. The third kappa shape index (κ3) is 6.01. The van der Waals surface area contributed by atoms with Crippen LogP contribution in [0.3, 0.4) is 0 Å². The lowest BCUT2D eigenvalue weighted by atomic mass is 10.1. The Morgan fingerprint density at radius 1 is 1.26 bits per heavy atom. The van der Waals surface area contributed by atoms with Crippen molar-refractivity contribution in [2.45, 2.75) is 26.3 Å². The van der Waals surface area contributed by atoms with Gasteiger partial charge in [-0.25, -0.2) is 0 Å². The number of nitrogens with two attached hydrogens (primary N) is 1. The average Bonchev–Trinajstić information content (AvgIpc) is 2.33. The lowest BCUT2D eigenvalue weighted by Gasteiger charge is -2.08. The molecule has 0 aromatic heterocycles. The second-order valence-corrected chi connectivity index (χ2v) is 4.66. The number of nitrogens with one attached hydrogen (secondary N) is 2. The Labute approximate surface area is 113 Å². The first-order valence-electron chi connectivity index (χ1n) is 6.36. The van der Waals surface area contributed by atoms with Gasteiger partial charge in [-0.3, -0.25) is 9.59 Å². The molecule has 1 atom stereocenters. The molecule has 1 rings (SSSR count). The first-order valence-corrected chi connectivity index (χ1v) is 6.36. The smallest absolute Gasteiger partial charge is 0.251 e. The third-order valence-corrected chi connectivity index (χ3v) is 2.52. The molecular weight excluding hydrogens is 242 g/mol. The van der Waals surface area contributed by atoms with Gasteiger partial charge in [0, 0.05) is 31.1 Å². The topological polar surface area (TPSA) is 84.2 Å². The first kappa shape index (κ1) is 15.2. The number of aryl methyl sites for hydroxylation is 1. The van der Waals surface area contributed by atoms with Gasteiger partial charge in [0.25, 0.3) is 5.91 Å². The van der Waals surface area contributed by atoms with Gasteiger partial charge in [0.1, 0.15) is 0 Å². The highest BCUT2D eigenvalue weighted by Crippen LogP contribution is 2.03. The summed E-state index contributed by atoms with van der Waals surface area (Å²) >= 11 is 0. The van der Waals surface area contributed by atoms with E-state index in [1.165, 1.54) is 0 Å². The minimum Gasteiger partial charge on any atom is -0.354 e. The lowest BCUT2D eigenvalue weighted by molar-refractivity contribution is -0.121. The summed E-state index contributed by atoms with van der Waals surface area (Å²) in [6.45, 7) is 4.52. The van der Waals surface area contributed by atoms with Crippen molar-refractivity contribution in [3.05, 3.63) is 35.4 Å². The van der Waals surface area contributed by atoms with Gasteiger partial charge < -0.3 is 16.4 Å². The normalized spacial score (nSPS) is 11.7. The maximum atomic E-state index is 11.8. The van der Waals surface area contributed by atoms with Crippen LogP contribution in [0.1, 0.15) is 29.3 Å². The fraction of sp³-hybridized carbons (Fsp3) is 0.429. The fourth-order valence-corrected chi connectivity index (χ4v) is 1.63. The van der Waals surface area contributed by atoms with Gasteiger partial charge in [0.15, 0.2) is 0 Å². The Kier molecular flexibility index (Phi) is 6.02. The van der Waals surface area contributed by atoms with Gasteiger partial charge in [-0.05, 0) is 26.0 Å². The van der Waals surface area contributed by atoms with E-state index in [-0.39, 0.29) is 17.9 Å². The largest absolute Gasteiger partial charge is 0.354 e. The molecule has 0 aliphatic carbocycles. The van der Waals surface area contributed by atoms with Gasteiger partial charge in [0.05, 0.1) is 0 Å². The first-order chi connectivity index (χ1) is 8.99. The molecule has 0 radical (unpaired) electrons. The van der Waals surface area contributed by atoms with E-state index < -0.39 is 0 Å². The van der Waals surface area contributed by atoms with Crippen LogP contribution in [0.4, 0.5) is 0 Å². The molecule has 0 spiro atoms. The molecule has 1 aromatic rings. The molecule has 0 aliphatic rings. The maximum absolute atomic E-state index is 11.8. The summed E-state index contributed by atoms with van der Waals surface area (Å²) in [5.74, 6) is -0.232. The minimum absolute atomic E-state index is 0.0974. The van der Waals surface area contributed by atoms with E-state index in [2.05, 4.69) is 10.6 Å². The molecular formula is C14H21N3O2. The molecule has 1 aromatic carbocycles. The van der Waals surface area contributed by atoms with Crippen molar-refractivity contribution in [3.63, 3.8) is 0 Å². The molecule has 5 heteroatoms. The highest BCUT2D eigenvalue weighted by atomic mass is 16.2. The van der Waals surface area contributed by atoms with Crippen LogP contribution in [0, 0.1) is 6.92 Å². The van der Waals surface area contributed by atoms with Crippen LogP contribution in [0.25, 0.3) is 0 Å². The average molecular weight is 263 g/mol. The maximum Gasteiger partial charge on any atom is 0.251 e. The predicted molar refractivity (Wildman–Crippen MR) is 74.8 cm³/mol. The highest BCUT2D eigenvalue weighted by Gasteiger charge is 2.06. The van der Waals surface area contributed by atoms with Crippen molar-refractivity contribution in [1.82, 2.24) is 10.6 Å². The number of hydrogen-bond acceptors (Lipinski definition) is 3. The molecule has 0 saturated carbocycles. The van der Waals surface area contributed by atoms with Crippen molar-refractivity contribution < 1.29 is 9.59 Å². The fourth-order valence-electron chi connectivity index (χ4n) is 1.63. The molecule has 2 amide bonds. The number of hydrogen-bond donors (Lipinski definition) is 3. The van der Waals surface area contributed by atoms with Crippen molar-refractivity contribution in [2.24, 2.45) is 5.73 Å². The molecule has 0 bridgehead atoms. The molecule has 0 fully saturated rings. The highest BCUT2D eigenvalue weighted by molar-refractivity contribution is 5.94. The third-order valence-electron chi connectivity index (χ3n) is 2.52. The van der Waals surface area contributed by atoms with Crippen LogP contribution in [0.2, 0.25) is 0 Å². The summed E-state index contributed by atoms with van der Waals surface area (Å²) in [5, 5.41) is 5.45. The molecule has 4 N–H and O–H groups in total. The monoisotopic (exact) mass is 263 g/mol. The van der Waals surface area contributed by atoms with E-state index in [1.807, 2.05) is 25.1 Å². The predicted octanol–water partition coefficient (Wildman–Crippen LogP) is 0.578. The minimum atomic E-state index is -0.151. The van der Waals surface area contributed by atoms with Gasteiger partial charge in [0.2, 0.25) is 5.91 Å². The number of carbonyl (C=O) groups excluding carboxylic acids is 2. The lowest BCUT2D eigenvalue weighted by Crippen LogP contribution is -2.36. The molecule has 104 valence electrons. The number of rotatable bonds is 6. The molecule has 5 nitrogen and oxygen atoms in total. The summed E-state index contributed by atoms with van der Waals surface area (Å²) in [6.07, 6.45) is 0.297. The molecule has 0 saturated heterocycles. The quantitative estimate of drug-likeness (QED) is 0.656. The molecule has 0 heterocycles. The Balaban J connectivity index is 2.26. The van der Waals surface area contributed by atoms with Gasteiger partial charge in [-0.2, -0.15) is 0 Å². The van der Waals surface area contributed by atoms with E-state index in [9.17, 15) is 9.59 Å². The summed E-state index contributed by atoms with van der Waals surface area (Å²) in [4.78, 5) is 23.1. The zero-order valence-electron chi connectivity index (χ0n) is 11.4. The van der Waals surface area contributed by atoms with Crippen LogP contribution in [0.15, 0.2) is 24.3 Å². The van der Waals surface area contributed by atoms with E-state index in [4.69, 9.17) is 5.73 Å². The van der Waals surface area contributed by atoms with Crippen LogP contribution in [0.5, 0.6) is 0 Å². The van der Waals surface area contributed by atoms with E-state index in [0.717, 1.165) is 5.56 Å². The zero-order chi connectivity index (χ0) is 14.3. The summed E-state index contributed by atoms with van der Waals surface area (Å²) in [7, 11) is 0. The molecule has 19 heavy (non-hydrogen) atoms. The summed E-state index contributed by atoms with van der Waals surface area (Å²) < 4.78 is 0. The van der Waals surface area contributed by atoms with Crippen molar-refractivity contribution in [2.75, 3.05) is 13.1 Å². The van der Waals surface area contributed by atoms with Gasteiger partial charge in [-0.1, -0.05) is 17.7 Å². The van der Waals surface area contributed by atoms with E-state index in [0.29, 0.717) is 25.1 Å². The number of benzene rings is 1. The molecule has 1 unspecified atom stereocenters. The SMILES string of the molecule is Cc1cccc(C(=O)NCCNC(=O)CC(C)N)c1. The van der Waals surface area contributed by atoms with Crippen molar-refractivity contribution in [3.8, 4) is 0 Å². The van der Waals surface area contributed by atoms with Crippen molar-refractivity contribution >= 4 is 11.8 Å². The van der Waals surface area contributed by atoms with Crippen LogP contribution < -0.4 is 16.4 Å². The summed E-state index contributed by atoms with van der Waals surface area (Å²) in [6, 6.07) is 7.21. The van der Waals surface area contributed by atoms with Gasteiger partial charge >= 0.3 is 0 Å². The Hall–Kier alpha value is -1.88. The Morgan fingerprint density at radius 3 is 2.58 bits per heavy atom. The Bertz CT molecular complexity index is 444. The van der Waals surface area contributed by atoms with Crippen LogP contribution in [-0.2, 0) is 4.79 Å². The number of carbonyl (C=O) groups is 2. The van der Waals surface area contributed by atoms with Crippen LogP contribution >= 0.6 is 0 Å². The van der Waals surface area contributed by atoms with Crippen LogP contribution in [-0.4, -0.2) is 30.9 Å². The Morgan fingerprint density at radius 2 is 1.95 bits per heavy atom. The number of amides is 2. The van der Waals surface area contributed by atoms with Gasteiger partial charge in [-0.15, -0.1) is 0 Å². The van der Waals surface area contributed by atoms with Crippen molar-refractivity contribution in [1.29, 1.82) is 0 Å². The second-order valence-electron chi connectivity index (χ2n) is 4.66. The standard InChI is InChI=1S/C14H21N3O2/c1-10-4-3-5-12(8-10)14(19)17-7-6-16-13(18)9-11(2)15/h3-5,8,11H,6-7,9,15H2,1-2H3,(H,16,18)(H,17,19). The second kappa shape index (κ2) is 7.53. The zero-order valence-corrected chi connectivity index (χ0v) is 11.4. The molecule has 0 aliphatic heterocycles. The van der Waals surface area contributed by atoms with E-state index in [1.54, 1.807) is 13.0 Å².